The highest BCUT2D eigenvalue weighted by molar-refractivity contribution is 5.38. The van der Waals surface area contributed by atoms with Gasteiger partial charge in [-0.05, 0) is 49.6 Å². The van der Waals surface area contributed by atoms with Crippen LogP contribution in [0.5, 0.6) is 11.5 Å². The van der Waals surface area contributed by atoms with E-state index < -0.39 is 0 Å². The fourth-order valence-electron chi connectivity index (χ4n) is 3.64. The molecule has 2 aromatic carbocycles. The molecule has 4 heteroatoms. The lowest BCUT2D eigenvalue weighted by molar-refractivity contribution is 0.302. The summed E-state index contributed by atoms with van der Waals surface area (Å²) in [6.45, 7) is 3.97. The molecule has 3 rings (SSSR count). The predicted molar refractivity (Wildman–Crippen MR) is 101 cm³/mol. The molecule has 2 atom stereocenters. The molecule has 1 aliphatic heterocycles. The third-order valence-electron chi connectivity index (χ3n) is 4.98. The first-order valence-electron chi connectivity index (χ1n) is 8.96. The van der Waals surface area contributed by atoms with Crippen molar-refractivity contribution in [1.29, 1.82) is 0 Å². The fourth-order valence-corrected chi connectivity index (χ4v) is 3.64. The van der Waals surface area contributed by atoms with Gasteiger partial charge in [0, 0.05) is 24.2 Å². The highest BCUT2D eigenvalue weighted by atomic mass is 16.5. The third-order valence-corrected chi connectivity index (χ3v) is 4.98. The van der Waals surface area contributed by atoms with Crippen molar-refractivity contribution in [2.24, 2.45) is 0 Å². The van der Waals surface area contributed by atoms with Crippen LogP contribution in [-0.2, 0) is 6.54 Å². The van der Waals surface area contributed by atoms with Crippen LogP contribution in [0.4, 0.5) is 0 Å². The van der Waals surface area contributed by atoms with Crippen LogP contribution in [0.1, 0.15) is 35.6 Å². The molecule has 2 unspecified atom stereocenters. The van der Waals surface area contributed by atoms with Gasteiger partial charge in [-0.25, -0.2) is 0 Å². The van der Waals surface area contributed by atoms with Gasteiger partial charge in [0.15, 0.2) is 0 Å². The lowest BCUT2D eigenvalue weighted by atomic mass is 9.91. The van der Waals surface area contributed by atoms with Crippen LogP contribution < -0.4 is 20.1 Å². The van der Waals surface area contributed by atoms with Crippen molar-refractivity contribution in [1.82, 2.24) is 10.6 Å². The Balaban J connectivity index is 1.74. The molecule has 1 fully saturated rings. The number of rotatable bonds is 6. The molecule has 2 aromatic rings. The molecular formula is C21H28N2O2. The second-order valence-electron chi connectivity index (χ2n) is 6.60. The molecule has 0 spiro atoms. The molecule has 0 aromatic heterocycles. The van der Waals surface area contributed by atoms with Crippen molar-refractivity contribution in [2.45, 2.75) is 38.4 Å². The van der Waals surface area contributed by atoms with Gasteiger partial charge in [-0.1, -0.05) is 30.3 Å². The molecule has 0 radical (unpaired) electrons. The summed E-state index contributed by atoms with van der Waals surface area (Å²) in [5.41, 5.74) is 3.69. The summed E-state index contributed by atoms with van der Waals surface area (Å²) in [6, 6.07) is 15.4. The van der Waals surface area contributed by atoms with Gasteiger partial charge in [0.25, 0.3) is 0 Å². The summed E-state index contributed by atoms with van der Waals surface area (Å²) in [6.07, 6.45) is 2.35. The summed E-state index contributed by atoms with van der Waals surface area (Å²) in [7, 11) is 3.45. The first-order valence-corrected chi connectivity index (χ1v) is 8.96. The number of methoxy groups -OCH3 is 2. The zero-order valence-electron chi connectivity index (χ0n) is 15.3. The molecule has 25 heavy (non-hydrogen) atoms. The number of benzene rings is 2. The molecule has 2 N–H and O–H groups in total. The van der Waals surface area contributed by atoms with Crippen LogP contribution in [0.15, 0.2) is 42.5 Å². The predicted octanol–water partition coefficient (Wildman–Crippen LogP) is 3.60. The number of hydrogen-bond acceptors (Lipinski definition) is 4. The monoisotopic (exact) mass is 340 g/mol. The van der Waals surface area contributed by atoms with E-state index in [0.717, 1.165) is 31.0 Å². The zero-order valence-corrected chi connectivity index (χ0v) is 15.3. The van der Waals surface area contributed by atoms with E-state index in [0.29, 0.717) is 12.1 Å². The molecule has 0 aliphatic carbocycles. The van der Waals surface area contributed by atoms with Crippen LogP contribution in [-0.4, -0.2) is 26.8 Å². The standard InChI is InChI=1S/C21H28N2O2/c1-15-13-16(10-11-19(15)24-2)21-18(8-6-12-22-21)23-14-17-7-4-5-9-20(17)25-3/h4-5,7,9-11,13,18,21-23H,6,8,12,14H2,1-3H3. The molecule has 1 heterocycles. The Hall–Kier alpha value is -2.04. The minimum Gasteiger partial charge on any atom is -0.496 e. The van der Waals surface area contributed by atoms with Gasteiger partial charge < -0.3 is 20.1 Å². The molecule has 134 valence electrons. The molecule has 1 aliphatic rings. The van der Waals surface area contributed by atoms with E-state index in [9.17, 15) is 0 Å². The Morgan fingerprint density at radius 1 is 1.08 bits per heavy atom. The number of aryl methyl sites for hydroxylation is 1. The van der Waals surface area contributed by atoms with Crippen molar-refractivity contribution in [3.63, 3.8) is 0 Å². The largest absolute Gasteiger partial charge is 0.496 e. The Labute approximate surface area is 150 Å². The summed E-state index contributed by atoms with van der Waals surface area (Å²) in [5, 5.41) is 7.42. The van der Waals surface area contributed by atoms with Crippen molar-refractivity contribution >= 4 is 0 Å². The minimum atomic E-state index is 0.313. The van der Waals surface area contributed by atoms with Crippen LogP contribution in [0, 0.1) is 6.92 Å². The van der Waals surface area contributed by atoms with Gasteiger partial charge >= 0.3 is 0 Å². The van der Waals surface area contributed by atoms with Crippen LogP contribution in [0.2, 0.25) is 0 Å². The molecular weight excluding hydrogens is 312 g/mol. The fraction of sp³-hybridized carbons (Fsp3) is 0.429. The van der Waals surface area contributed by atoms with E-state index in [4.69, 9.17) is 9.47 Å². The number of ether oxygens (including phenoxy) is 2. The molecule has 4 nitrogen and oxygen atoms in total. The second kappa shape index (κ2) is 8.37. The number of piperidine rings is 1. The van der Waals surface area contributed by atoms with E-state index in [1.54, 1.807) is 14.2 Å². The topological polar surface area (TPSA) is 42.5 Å². The maximum atomic E-state index is 5.47. The molecule has 0 saturated carbocycles. The van der Waals surface area contributed by atoms with E-state index >= 15 is 0 Å². The SMILES string of the molecule is COc1ccc(C2NCCCC2NCc2ccccc2OC)cc1C. The van der Waals surface area contributed by atoms with Gasteiger partial charge in [0.1, 0.15) is 11.5 Å². The van der Waals surface area contributed by atoms with Gasteiger partial charge in [0.05, 0.1) is 14.2 Å². The quantitative estimate of drug-likeness (QED) is 0.843. The first-order chi connectivity index (χ1) is 12.2. The lowest BCUT2D eigenvalue weighted by Gasteiger charge is -2.34. The highest BCUT2D eigenvalue weighted by Crippen LogP contribution is 2.28. The van der Waals surface area contributed by atoms with E-state index in [1.807, 2.05) is 12.1 Å². The van der Waals surface area contributed by atoms with Crippen LogP contribution >= 0.6 is 0 Å². The van der Waals surface area contributed by atoms with Crippen molar-refractivity contribution < 1.29 is 9.47 Å². The smallest absolute Gasteiger partial charge is 0.123 e. The van der Waals surface area contributed by atoms with E-state index in [2.05, 4.69) is 47.9 Å². The van der Waals surface area contributed by atoms with Gasteiger partial charge in [-0.3, -0.25) is 0 Å². The van der Waals surface area contributed by atoms with Crippen LogP contribution in [0.25, 0.3) is 0 Å². The van der Waals surface area contributed by atoms with Crippen LogP contribution in [0.3, 0.4) is 0 Å². The Morgan fingerprint density at radius 3 is 2.64 bits per heavy atom. The Bertz CT molecular complexity index is 702. The maximum absolute atomic E-state index is 5.47. The zero-order chi connectivity index (χ0) is 17.6. The van der Waals surface area contributed by atoms with Crippen molar-refractivity contribution in [3.05, 3.63) is 59.2 Å². The average molecular weight is 340 g/mol. The second-order valence-corrected chi connectivity index (χ2v) is 6.60. The van der Waals surface area contributed by atoms with E-state index in [-0.39, 0.29) is 0 Å². The third kappa shape index (κ3) is 4.14. The van der Waals surface area contributed by atoms with Crippen molar-refractivity contribution in [2.75, 3.05) is 20.8 Å². The number of nitrogens with one attached hydrogen (secondary N) is 2. The first kappa shape index (κ1) is 17.8. The molecule has 1 saturated heterocycles. The minimum absolute atomic E-state index is 0.313. The molecule has 0 bridgehead atoms. The maximum Gasteiger partial charge on any atom is 0.123 e. The van der Waals surface area contributed by atoms with Gasteiger partial charge in [-0.15, -0.1) is 0 Å². The summed E-state index contributed by atoms with van der Waals surface area (Å²) >= 11 is 0. The normalized spacial score (nSPS) is 20.3. The summed E-state index contributed by atoms with van der Waals surface area (Å²) in [5.74, 6) is 1.88. The molecule has 0 amide bonds. The Morgan fingerprint density at radius 2 is 1.88 bits per heavy atom. The van der Waals surface area contributed by atoms with Crippen molar-refractivity contribution in [3.8, 4) is 11.5 Å². The highest BCUT2D eigenvalue weighted by Gasteiger charge is 2.26. The number of para-hydroxylation sites is 1. The van der Waals surface area contributed by atoms with Gasteiger partial charge in [-0.2, -0.15) is 0 Å². The Kier molecular flexibility index (Phi) is 5.95. The van der Waals surface area contributed by atoms with Gasteiger partial charge in [0.2, 0.25) is 0 Å². The number of hydrogen-bond donors (Lipinski definition) is 2. The lowest BCUT2D eigenvalue weighted by Crippen LogP contribution is -2.45. The summed E-state index contributed by atoms with van der Waals surface area (Å²) < 4.78 is 10.9. The van der Waals surface area contributed by atoms with E-state index in [1.165, 1.54) is 23.1 Å². The summed E-state index contributed by atoms with van der Waals surface area (Å²) in [4.78, 5) is 0. The average Bonchev–Trinajstić information content (AvgIpc) is 2.66.